The standard InChI is InChI=1S/C23H15ClN2O5S/c24-15-3-1-2-12(8-15)13-4-6-17(19(27)10-13)23-25-18-7-5-14-9-16(32(29,30)31)11-20(28)21(14)22(18)26-23/h1-11,27-28H,(H,25,26)(H,29,30,31). The van der Waals surface area contributed by atoms with Gasteiger partial charge in [0.15, 0.2) is 0 Å². The van der Waals surface area contributed by atoms with Crippen molar-refractivity contribution in [3.8, 4) is 34.0 Å². The maximum Gasteiger partial charge on any atom is 0.294 e. The van der Waals surface area contributed by atoms with E-state index in [1.165, 1.54) is 6.07 Å². The Morgan fingerprint density at radius 3 is 2.38 bits per heavy atom. The van der Waals surface area contributed by atoms with Gasteiger partial charge in [0.05, 0.1) is 21.4 Å². The summed E-state index contributed by atoms with van der Waals surface area (Å²) in [4.78, 5) is 7.24. The van der Waals surface area contributed by atoms with Gasteiger partial charge < -0.3 is 15.2 Å². The average molecular weight is 467 g/mol. The Balaban J connectivity index is 1.64. The largest absolute Gasteiger partial charge is 0.507 e. The van der Waals surface area contributed by atoms with Gasteiger partial charge in [0.1, 0.15) is 22.8 Å². The van der Waals surface area contributed by atoms with Crippen LogP contribution in [0.1, 0.15) is 0 Å². The first-order valence-electron chi connectivity index (χ1n) is 9.43. The molecule has 4 aromatic carbocycles. The highest BCUT2D eigenvalue weighted by Crippen LogP contribution is 2.37. The zero-order valence-corrected chi connectivity index (χ0v) is 17.8. The molecular formula is C23H15ClN2O5S. The molecule has 7 nitrogen and oxygen atoms in total. The van der Waals surface area contributed by atoms with Crippen LogP contribution < -0.4 is 0 Å². The van der Waals surface area contributed by atoms with Gasteiger partial charge in [0, 0.05) is 11.1 Å². The third-order valence-corrected chi connectivity index (χ3v) is 6.29. The monoisotopic (exact) mass is 466 g/mol. The molecule has 0 unspecified atom stereocenters. The molecule has 0 radical (unpaired) electrons. The molecule has 1 aromatic heterocycles. The lowest BCUT2D eigenvalue weighted by Gasteiger charge is -2.06. The zero-order chi connectivity index (χ0) is 22.6. The number of aromatic nitrogens is 2. The van der Waals surface area contributed by atoms with Gasteiger partial charge >= 0.3 is 0 Å². The molecule has 0 spiro atoms. The number of phenols is 2. The maximum atomic E-state index is 11.5. The second-order valence-corrected chi connectivity index (χ2v) is 9.16. The number of imidazole rings is 1. The van der Waals surface area contributed by atoms with Crippen LogP contribution >= 0.6 is 11.6 Å². The number of hydrogen-bond donors (Lipinski definition) is 4. The van der Waals surface area contributed by atoms with E-state index >= 15 is 0 Å². The van der Waals surface area contributed by atoms with Crippen LogP contribution in [0.5, 0.6) is 11.5 Å². The number of nitrogens with zero attached hydrogens (tertiary/aromatic N) is 1. The van der Waals surface area contributed by atoms with E-state index in [0.717, 1.165) is 17.2 Å². The summed E-state index contributed by atoms with van der Waals surface area (Å²) >= 11 is 6.06. The van der Waals surface area contributed by atoms with Crippen LogP contribution in [0.4, 0.5) is 0 Å². The number of nitrogens with one attached hydrogen (secondary N) is 1. The smallest absolute Gasteiger partial charge is 0.294 e. The highest BCUT2D eigenvalue weighted by molar-refractivity contribution is 7.85. The van der Waals surface area contributed by atoms with Gasteiger partial charge in [-0.1, -0.05) is 35.9 Å². The molecule has 160 valence electrons. The van der Waals surface area contributed by atoms with Crippen molar-refractivity contribution in [3.05, 3.63) is 71.8 Å². The van der Waals surface area contributed by atoms with Gasteiger partial charge in [0.25, 0.3) is 10.1 Å². The lowest BCUT2D eigenvalue weighted by atomic mass is 10.0. The minimum Gasteiger partial charge on any atom is -0.507 e. The number of rotatable bonds is 3. The van der Waals surface area contributed by atoms with E-state index in [1.54, 1.807) is 36.4 Å². The third kappa shape index (κ3) is 3.44. The second kappa shape index (κ2) is 7.23. The Hall–Kier alpha value is -3.59. The van der Waals surface area contributed by atoms with E-state index in [4.69, 9.17) is 11.6 Å². The van der Waals surface area contributed by atoms with Crippen molar-refractivity contribution in [2.75, 3.05) is 0 Å². The Morgan fingerprint density at radius 2 is 1.66 bits per heavy atom. The molecule has 9 heteroatoms. The number of H-pyrrole nitrogens is 1. The van der Waals surface area contributed by atoms with Gasteiger partial charge in [0.2, 0.25) is 0 Å². The first-order chi connectivity index (χ1) is 15.2. The molecule has 0 bridgehead atoms. The highest BCUT2D eigenvalue weighted by Gasteiger charge is 2.18. The van der Waals surface area contributed by atoms with Gasteiger partial charge in [-0.25, -0.2) is 4.98 Å². The number of aromatic amines is 1. The molecule has 0 fully saturated rings. The number of benzene rings is 4. The molecule has 0 saturated carbocycles. The molecule has 4 N–H and O–H groups in total. The van der Waals surface area contributed by atoms with Crippen molar-refractivity contribution in [1.29, 1.82) is 0 Å². The SMILES string of the molecule is O=S(=O)(O)c1cc(O)c2c(ccc3[nH]c(-c4ccc(-c5cccc(Cl)c5)cc4O)nc32)c1. The van der Waals surface area contributed by atoms with Crippen LogP contribution in [0.3, 0.4) is 0 Å². The summed E-state index contributed by atoms with van der Waals surface area (Å²) in [5.74, 6) is 0.0453. The summed E-state index contributed by atoms with van der Waals surface area (Å²) < 4.78 is 32.2. The van der Waals surface area contributed by atoms with Crippen LogP contribution in [0.25, 0.3) is 44.3 Å². The number of halogens is 1. The van der Waals surface area contributed by atoms with E-state index in [1.807, 2.05) is 18.2 Å². The predicted molar refractivity (Wildman–Crippen MR) is 123 cm³/mol. The zero-order valence-electron chi connectivity index (χ0n) is 16.2. The minimum atomic E-state index is -4.47. The quantitative estimate of drug-likeness (QED) is 0.265. The Kier molecular flexibility index (Phi) is 4.59. The molecule has 0 amide bonds. The summed E-state index contributed by atoms with van der Waals surface area (Å²) in [6.45, 7) is 0. The second-order valence-electron chi connectivity index (χ2n) is 7.30. The number of aromatic hydroxyl groups is 2. The van der Waals surface area contributed by atoms with Crippen LogP contribution in [0.2, 0.25) is 5.02 Å². The van der Waals surface area contributed by atoms with Crippen LogP contribution in [-0.4, -0.2) is 33.2 Å². The van der Waals surface area contributed by atoms with Crippen molar-refractivity contribution < 1.29 is 23.2 Å². The van der Waals surface area contributed by atoms with Crippen molar-refractivity contribution in [3.63, 3.8) is 0 Å². The predicted octanol–water partition coefficient (Wildman–Crippen LogP) is 5.36. The average Bonchev–Trinajstić information content (AvgIpc) is 3.16. The van der Waals surface area contributed by atoms with Gasteiger partial charge in [-0.15, -0.1) is 0 Å². The van der Waals surface area contributed by atoms with Gasteiger partial charge in [-0.2, -0.15) is 8.42 Å². The molecule has 0 atom stereocenters. The van der Waals surface area contributed by atoms with E-state index in [2.05, 4.69) is 9.97 Å². The van der Waals surface area contributed by atoms with Crippen molar-refractivity contribution in [2.45, 2.75) is 4.90 Å². The molecule has 1 heterocycles. The fraction of sp³-hybridized carbons (Fsp3) is 0. The lowest BCUT2D eigenvalue weighted by Crippen LogP contribution is -1.97. The van der Waals surface area contributed by atoms with E-state index in [-0.39, 0.29) is 11.5 Å². The Morgan fingerprint density at radius 1 is 0.875 bits per heavy atom. The number of fused-ring (bicyclic) bond motifs is 3. The summed E-state index contributed by atoms with van der Waals surface area (Å²) in [7, 11) is -4.47. The summed E-state index contributed by atoms with van der Waals surface area (Å²) in [5.41, 5.74) is 3.07. The highest BCUT2D eigenvalue weighted by atomic mass is 35.5. The molecule has 0 aliphatic carbocycles. The molecular weight excluding hydrogens is 452 g/mol. The van der Waals surface area contributed by atoms with E-state index in [0.29, 0.717) is 38.2 Å². The minimum absolute atomic E-state index is 0.00344. The molecule has 5 aromatic rings. The number of hydrogen-bond acceptors (Lipinski definition) is 5. The fourth-order valence-corrected chi connectivity index (χ4v) is 4.47. The first-order valence-corrected chi connectivity index (χ1v) is 11.2. The molecule has 0 aliphatic rings. The van der Waals surface area contributed by atoms with Crippen LogP contribution in [0.15, 0.2) is 71.6 Å². The van der Waals surface area contributed by atoms with Crippen LogP contribution in [0, 0.1) is 0 Å². The molecule has 32 heavy (non-hydrogen) atoms. The van der Waals surface area contributed by atoms with E-state index < -0.39 is 15.0 Å². The Labute approximate surface area is 187 Å². The molecule has 0 aliphatic heterocycles. The Bertz CT molecular complexity index is 1640. The summed E-state index contributed by atoms with van der Waals surface area (Å²) in [6.07, 6.45) is 0. The topological polar surface area (TPSA) is 124 Å². The van der Waals surface area contributed by atoms with Crippen molar-refractivity contribution >= 4 is 43.5 Å². The van der Waals surface area contributed by atoms with Gasteiger partial charge in [-0.3, -0.25) is 4.55 Å². The summed E-state index contributed by atoms with van der Waals surface area (Å²) in [5, 5.41) is 22.4. The number of phenolic OH excluding ortho intramolecular Hbond substituents is 2. The fourth-order valence-electron chi connectivity index (χ4n) is 3.74. The molecule has 0 saturated heterocycles. The third-order valence-electron chi connectivity index (χ3n) is 5.23. The summed E-state index contributed by atoms with van der Waals surface area (Å²) in [6, 6.07) is 18.0. The maximum absolute atomic E-state index is 11.5. The van der Waals surface area contributed by atoms with E-state index in [9.17, 15) is 23.2 Å². The van der Waals surface area contributed by atoms with Gasteiger partial charge in [-0.05, 0) is 52.9 Å². The first kappa shape index (κ1) is 20.3. The molecule has 5 rings (SSSR count). The normalized spacial score (nSPS) is 11.9. The van der Waals surface area contributed by atoms with Crippen molar-refractivity contribution in [1.82, 2.24) is 9.97 Å². The lowest BCUT2D eigenvalue weighted by molar-refractivity contribution is 0.471. The van der Waals surface area contributed by atoms with Crippen molar-refractivity contribution in [2.24, 2.45) is 0 Å². The van der Waals surface area contributed by atoms with Crippen LogP contribution in [-0.2, 0) is 10.1 Å².